The molecule has 4 saturated carbocycles. The summed E-state index contributed by atoms with van der Waals surface area (Å²) in [6, 6.07) is 0. The lowest BCUT2D eigenvalue weighted by Crippen LogP contribution is -2.53. The fraction of sp³-hybridized carbons (Fsp3) is 1.00. The van der Waals surface area contributed by atoms with E-state index in [9.17, 15) is 0 Å². The van der Waals surface area contributed by atoms with Crippen LogP contribution in [-0.2, 0) is 0 Å². The first-order chi connectivity index (χ1) is 5.22. The maximum Gasteiger partial charge on any atom is 0.0227 e. The lowest BCUT2D eigenvalue weighted by Gasteiger charge is -2.51. The van der Waals surface area contributed by atoms with Crippen molar-refractivity contribution in [3.05, 3.63) is 0 Å². The molecule has 0 nitrogen and oxygen atoms in total. The fourth-order valence-corrected chi connectivity index (χ4v) is 7.32. The molecule has 0 aromatic carbocycles. The molecular formula is C8H9Br3. The highest BCUT2D eigenvalue weighted by Gasteiger charge is 2.68. The summed E-state index contributed by atoms with van der Waals surface area (Å²) in [5.41, 5.74) is 0. The SMILES string of the molecule is BrC1C2C[C@H]3[C@@H](Br)[C@H]3C1[C@@H]2Br. The lowest BCUT2D eigenvalue weighted by molar-refractivity contribution is 0.136. The molecule has 3 heteroatoms. The second-order valence-corrected chi connectivity index (χ2v) is 7.22. The van der Waals surface area contributed by atoms with Gasteiger partial charge in [-0.15, -0.1) is 0 Å². The van der Waals surface area contributed by atoms with Gasteiger partial charge in [-0.1, -0.05) is 47.8 Å². The topological polar surface area (TPSA) is 0 Å². The van der Waals surface area contributed by atoms with Gasteiger partial charge in [-0.25, -0.2) is 0 Å². The molecule has 4 aliphatic carbocycles. The molecule has 3 unspecified atom stereocenters. The van der Waals surface area contributed by atoms with Crippen LogP contribution in [0.25, 0.3) is 0 Å². The van der Waals surface area contributed by atoms with Gasteiger partial charge in [0.25, 0.3) is 0 Å². The summed E-state index contributed by atoms with van der Waals surface area (Å²) in [4.78, 5) is 2.48. The number of halogens is 3. The normalized spacial score (nSPS) is 71.7. The van der Waals surface area contributed by atoms with Gasteiger partial charge in [0.2, 0.25) is 0 Å². The Hall–Kier alpha value is 1.44. The van der Waals surface area contributed by atoms with Crippen LogP contribution in [0.15, 0.2) is 0 Å². The van der Waals surface area contributed by atoms with E-state index in [1.807, 2.05) is 0 Å². The van der Waals surface area contributed by atoms with Crippen LogP contribution in [0.3, 0.4) is 0 Å². The summed E-state index contributed by atoms with van der Waals surface area (Å²) in [7, 11) is 0. The first-order valence-corrected chi connectivity index (χ1v) is 6.88. The minimum absolute atomic E-state index is 0.815. The Kier molecular flexibility index (Phi) is 1.61. The van der Waals surface area contributed by atoms with Crippen LogP contribution in [0, 0.1) is 23.7 Å². The third-order valence-corrected chi connectivity index (χ3v) is 7.54. The summed E-state index contributed by atoms with van der Waals surface area (Å²) >= 11 is 11.3. The molecule has 0 N–H and O–H groups in total. The van der Waals surface area contributed by atoms with Gasteiger partial charge in [0.15, 0.2) is 0 Å². The van der Waals surface area contributed by atoms with E-state index >= 15 is 0 Å². The zero-order chi connectivity index (χ0) is 7.75. The molecule has 0 heterocycles. The Morgan fingerprint density at radius 2 is 1.27 bits per heavy atom. The van der Waals surface area contributed by atoms with Crippen LogP contribution in [0.5, 0.6) is 0 Å². The minimum Gasteiger partial charge on any atom is -0.0884 e. The number of hydrogen-bond acceptors (Lipinski definition) is 0. The standard InChI is InChI=1S/C8H9Br3/c9-6-2-1-3-7(10)5(4(2)6)8(3)11/h2-8H,1H2/t2-,3?,4-,5?,6-,7-,8?/m1/s1. The largest absolute Gasteiger partial charge is 0.0884 e. The predicted molar refractivity (Wildman–Crippen MR) is 56.7 cm³/mol. The monoisotopic (exact) mass is 342 g/mol. The van der Waals surface area contributed by atoms with Crippen LogP contribution in [0.4, 0.5) is 0 Å². The first-order valence-electron chi connectivity index (χ1n) is 4.14. The van der Waals surface area contributed by atoms with Crippen molar-refractivity contribution in [3.63, 3.8) is 0 Å². The summed E-state index contributed by atoms with van der Waals surface area (Å²) in [5, 5.41) is 0. The Balaban J connectivity index is 1.89. The summed E-state index contributed by atoms with van der Waals surface area (Å²) in [6.07, 6.45) is 1.43. The fourth-order valence-electron chi connectivity index (χ4n) is 2.92. The molecule has 0 spiro atoms. The van der Waals surface area contributed by atoms with Gasteiger partial charge < -0.3 is 0 Å². The van der Waals surface area contributed by atoms with Crippen LogP contribution in [-0.4, -0.2) is 14.5 Å². The molecule has 0 saturated heterocycles. The molecule has 62 valence electrons. The van der Waals surface area contributed by atoms with Crippen LogP contribution in [0.1, 0.15) is 6.42 Å². The number of alkyl halides is 3. The Bertz CT molecular complexity index is 196. The van der Waals surface area contributed by atoms with E-state index in [1.54, 1.807) is 0 Å². The van der Waals surface area contributed by atoms with Gasteiger partial charge in [-0.3, -0.25) is 0 Å². The smallest absolute Gasteiger partial charge is 0.0227 e. The highest BCUT2D eigenvalue weighted by Crippen LogP contribution is 2.69. The van der Waals surface area contributed by atoms with Gasteiger partial charge in [0.1, 0.15) is 0 Å². The lowest BCUT2D eigenvalue weighted by atomic mass is 9.65. The third-order valence-electron chi connectivity index (χ3n) is 3.67. The van der Waals surface area contributed by atoms with Gasteiger partial charge in [0, 0.05) is 14.5 Å². The van der Waals surface area contributed by atoms with Crippen molar-refractivity contribution in [2.45, 2.75) is 20.9 Å². The molecule has 4 rings (SSSR count). The van der Waals surface area contributed by atoms with Crippen molar-refractivity contribution in [1.29, 1.82) is 0 Å². The quantitative estimate of drug-likeness (QED) is 0.592. The van der Waals surface area contributed by atoms with E-state index in [1.165, 1.54) is 6.42 Å². The molecule has 0 amide bonds. The van der Waals surface area contributed by atoms with Crippen molar-refractivity contribution in [1.82, 2.24) is 0 Å². The number of rotatable bonds is 0. The van der Waals surface area contributed by atoms with E-state index in [0.29, 0.717) is 0 Å². The van der Waals surface area contributed by atoms with Crippen LogP contribution < -0.4 is 0 Å². The molecule has 0 radical (unpaired) electrons. The highest BCUT2D eigenvalue weighted by atomic mass is 79.9. The van der Waals surface area contributed by atoms with Crippen LogP contribution >= 0.6 is 47.8 Å². The predicted octanol–water partition coefficient (Wildman–Crippen LogP) is 3.17. The molecular weight excluding hydrogens is 336 g/mol. The third kappa shape index (κ3) is 0.812. The molecule has 0 aromatic rings. The van der Waals surface area contributed by atoms with Gasteiger partial charge >= 0.3 is 0 Å². The Morgan fingerprint density at radius 3 is 1.73 bits per heavy atom. The molecule has 11 heavy (non-hydrogen) atoms. The molecule has 0 aliphatic heterocycles. The summed E-state index contributed by atoms with van der Waals surface area (Å²) < 4.78 is 0. The van der Waals surface area contributed by atoms with Gasteiger partial charge in [-0.2, -0.15) is 0 Å². The van der Waals surface area contributed by atoms with Crippen molar-refractivity contribution >= 4 is 47.8 Å². The summed E-state index contributed by atoms with van der Waals surface area (Å²) in [5.74, 6) is 3.84. The first kappa shape index (κ1) is 7.81. The second-order valence-electron chi connectivity index (χ2n) is 4.05. The van der Waals surface area contributed by atoms with E-state index in [4.69, 9.17) is 0 Å². The van der Waals surface area contributed by atoms with Gasteiger partial charge in [-0.05, 0) is 30.1 Å². The maximum atomic E-state index is 3.79. The van der Waals surface area contributed by atoms with E-state index in [-0.39, 0.29) is 0 Å². The zero-order valence-electron chi connectivity index (χ0n) is 5.88. The summed E-state index contributed by atoms with van der Waals surface area (Å²) in [6.45, 7) is 0. The molecule has 4 aliphatic rings. The second kappa shape index (κ2) is 2.27. The molecule has 2 bridgehead atoms. The van der Waals surface area contributed by atoms with E-state index < -0.39 is 0 Å². The van der Waals surface area contributed by atoms with Crippen molar-refractivity contribution in [2.75, 3.05) is 0 Å². The average Bonchev–Trinajstić information content (AvgIpc) is 2.64. The average molecular weight is 345 g/mol. The Morgan fingerprint density at radius 1 is 0.727 bits per heavy atom. The van der Waals surface area contributed by atoms with E-state index in [0.717, 1.165) is 38.2 Å². The minimum atomic E-state index is 0.815. The van der Waals surface area contributed by atoms with Gasteiger partial charge in [0.05, 0.1) is 0 Å². The Labute approximate surface area is 91.9 Å². The molecule has 7 atom stereocenters. The highest BCUT2D eigenvalue weighted by molar-refractivity contribution is 9.10. The van der Waals surface area contributed by atoms with Crippen molar-refractivity contribution < 1.29 is 0 Å². The van der Waals surface area contributed by atoms with Crippen molar-refractivity contribution in [3.8, 4) is 0 Å². The van der Waals surface area contributed by atoms with Crippen LogP contribution in [0.2, 0.25) is 0 Å². The van der Waals surface area contributed by atoms with E-state index in [2.05, 4.69) is 47.8 Å². The zero-order valence-corrected chi connectivity index (χ0v) is 10.6. The molecule has 0 aromatic heterocycles. The van der Waals surface area contributed by atoms with Crippen molar-refractivity contribution in [2.24, 2.45) is 23.7 Å². The molecule has 4 fully saturated rings. The maximum absolute atomic E-state index is 3.79. The number of hydrogen-bond donors (Lipinski definition) is 0.